The average molecular weight is 317 g/mol. The molecule has 0 aliphatic carbocycles. The highest BCUT2D eigenvalue weighted by Crippen LogP contribution is 2.37. The Bertz CT molecular complexity index is 974. The molecule has 0 radical (unpaired) electrons. The van der Waals surface area contributed by atoms with Gasteiger partial charge >= 0.3 is 0 Å². The Morgan fingerprint density at radius 2 is 1.83 bits per heavy atom. The van der Waals surface area contributed by atoms with Crippen molar-refractivity contribution in [3.63, 3.8) is 0 Å². The predicted molar refractivity (Wildman–Crippen MR) is 89.8 cm³/mol. The Balaban J connectivity index is 1.80. The van der Waals surface area contributed by atoms with E-state index in [2.05, 4.69) is 23.2 Å². The van der Waals surface area contributed by atoms with Crippen LogP contribution < -0.4 is 9.47 Å². The van der Waals surface area contributed by atoms with E-state index >= 15 is 0 Å². The Morgan fingerprint density at radius 1 is 1.04 bits per heavy atom. The van der Waals surface area contributed by atoms with Gasteiger partial charge in [-0.1, -0.05) is 30.3 Å². The smallest absolute Gasteiger partial charge is 0.231 e. The van der Waals surface area contributed by atoms with E-state index in [9.17, 15) is 0 Å². The molecule has 0 spiro atoms. The summed E-state index contributed by atoms with van der Waals surface area (Å²) in [6, 6.07) is 14.3. The standard InChI is InChI=1S/C19H15N3O2/c1-12-10-20-18-8-14-7-16-17(24-11-23-16)9-15(14)19(21-22(12)18)13-5-3-2-4-6-13/h2-7,9-10H,8,11H2,1H3. The first-order chi connectivity index (χ1) is 11.8. The maximum Gasteiger partial charge on any atom is 0.231 e. The minimum atomic E-state index is 0.268. The molecule has 0 unspecified atom stereocenters. The van der Waals surface area contributed by atoms with Crippen molar-refractivity contribution in [3.05, 3.63) is 76.9 Å². The Labute approximate surface area is 139 Å². The van der Waals surface area contributed by atoms with Gasteiger partial charge in [-0.2, -0.15) is 5.10 Å². The molecule has 3 heterocycles. The summed E-state index contributed by atoms with van der Waals surface area (Å²) in [7, 11) is 0. The van der Waals surface area contributed by atoms with Crippen molar-refractivity contribution in [1.82, 2.24) is 9.66 Å². The highest BCUT2D eigenvalue weighted by Gasteiger charge is 2.24. The molecule has 0 N–H and O–H groups in total. The summed E-state index contributed by atoms with van der Waals surface area (Å²) in [4.78, 5) is 4.52. The topological polar surface area (TPSA) is 48.6 Å². The van der Waals surface area contributed by atoms with Gasteiger partial charge in [0.05, 0.1) is 17.6 Å². The zero-order valence-electron chi connectivity index (χ0n) is 13.2. The third-order valence-electron chi connectivity index (χ3n) is 4.43. The molecule has 2 aromatic carbocycles. The third kappa shape index (κ3) is 1.94. The number of hydrogen-bond donors (Lipinski definition) is 0. The van der Waals surface area contributed by atoms with E-state index in [-0.39, 0.29) is 6.79 Å². The van der Waals surface area contributed by atoms with Gasteiger partial charge in [-0.3, -0.25) is 0 Å². The van der Waals surface area contributed by atoms with Crippen molar-refractivity contribution in [2.45, 2.75) is 13.3 Å². The summed E-state index contributed by atoms with van der Waals surface area (Å²) in [5.74, 6) is 2.49. The van der Waals surface area contributed by atoms with E-state index in [0.29, 0.717) is 6.42 Å². The molecule has 0 fully saturated rings. The molecule has 2 aliphatic heterocycles. The molecule has 5 rings (SSSR count). The summed E-state index contributed by atoms with van der Waals surface area (Å²) < 4.78 is 13.0. The van der Waals surface area contributed by atoms with Crippen LogP contribution in [0, 0.1) is 6.92 Å². The first kappa shape index (κ1) is 13.4. The predicted octanol–water partition coefficient (Wildman–Crippen LogP) is 3.13. The van der Waals surface area contributed by atoms with Gasteiger partial charge in [0.2, 0.25) is 6.79 Å². The molecule has 5 heteroatoms. The second kappa shape index (κ2) is 4.96. The van der Waals surface area contributed by atoms with Gasteiger partial charge in [-0.05, 0) is 24.6 Å². The molecule has 0 saturated carbocycles. The lowest BCUT2D eigenvalue weighted by Gasteiger charge is -2.10. The van der Waals surface area contributed by atoms with Gasteiger partial charge in [-0.25, -0.2) is 9.66 Å². The number of hydrogen-bond acceptors (Lipinski definition) is 4. The lowest BCUT2D eigenvalue weighted by Crippen LogP contribution is -2.07. The Kier molecular flexibility index (Phi) is 2.76. The SMILES string of the molecule is Cc1cnc2n1N=C(c1ccccc1)c1cc3c(cc1C2)OCO3. The molecule has 1 aromatic heterocycles. The van der Waals surface area contributed by atoms with Crippen molar-refractivity contribution < 1.29 is 9.47 Å². The summed E-state index contributed by atoms with van der Waals surface area (Å²) in [6.07, 6.45) is 2.57. The number of nitrogens with zero attached hydrogens (tertiary/aromatic N) is 3. The summed E-state index contributed by atoms with van der Waals surface area (Å²) >= 11 is 0. The van der Waals surface area contributed by atoms with Crippen molar-refractivity contribution >= 4 is 5.71 Å². The van der Waals surface area contributed by atoms with E-state index in [1.165, 1.54) is 0 Å². The number of rotatable bonds is 1. The van der Waals surface area contributed by atoms with E-state index in [1.807, 2.05) is 42.1 Å². The van der Waals surface area contributed by atoms with Crippen LogP contribution in [-0.2, 0) is 6.42 Å². The van der Waals surface area contributed by atoms with Gasteiger partial charge in [0.15, 0.2) is 11.5 Å². The third-order valence-corrected chi connectivity index (χ3v) is 4.43. The summed E-state index contributed by atoms with van der Waals surface area (Å²) in [5.41, 5.74) is 5.22. The molecular weight excluding hydrogens is 302 g/mol. The quantitative estimate of drug-likeness (QED) is 0.542. The van der Waals surface area contributed by atoms with Gasteiger partial charge in [0.1, 0.15) is 5.82 Å². The van der Waals surface area contributed by atoms with Crippen LogP contribution in [0.1, 0.15) is 28.2 Å². The fourth-order valence-electron chi connectivity index (χ4n) is 3.22. The second-order valence-electron chi connectivity index (χ2n) is 5.98. The number of fused-ring (bicyclic) bond motifs is 3. The molecule has 0 atom stereocenters. The Hall–Kier alpha value is -3.08. The first-order valence-electron chi connectivity index (χ1n) is 7.90. The number of imidazole rings is 1. The molecule has 2 aliphatic rings. The first-order valence-corrected chi connectivity index (χ1v) is 7.90. The van der Waals surface area contributed by atoms with Gasteiger partial charge in [0.25, 0.3) is 0 Å². The Morgan fingerprint density at radius 3 is 2.67 bits per heavy atom. The maximum absolute atomic E-state index is 5.57. The lowest BCUT2D eigenvalue weighted by molar-refractivity contribution is 0.174. The molecular formula is C19H15N3O2. The number of aryl methyl sites for hydroxylation is 1. The van der Waals surface area contributed by atoms with Gasteiger partial charge < -0.3 is 9.47 Å². The molecule has 5 nitrogen and oxygen atoms in total. The number of ether oxygens (including phenoxy) is 2. The van der Waals surface area contributed by atoms with Crippen molar-refractivity contribution in [3.8, 4) is 11.5 Å². The molecule has 3 aromatic rings. The minimum absolute atomic E-state index is 0.268. The lowest BCUT2D eigenvalue weighted by atomic mass is 9.95. The fourth-order valence-corrected chi connectivity index (χ4v) is 3.22. The highest BCUT2D eigenvalue weighted by atomic mass is 16.7. The van der Waals surface area contributed by atoms with E-state index < -0.39 is 0 Å². The largest absolute Gasteiger partial charge is 0.454 e. The average Bonchev–Trinajstić information content (AvgIpc) is 3.15. The van der Waals surface area contributed by atoms with Crippen LogP contribution in [0.3, 0.4) is 0 Å². The minimum Gasteiger partial charge on any atom is -0.454 e. The normalized spacial score (nSPS) is 14.6. The van der Waals surface area contributed by atoms with E-state index in [4.69, 9.17) is 14.6 Å². The maximum atomic E-state index is 5.57. The van der Waals surface area contributed by atoms with Crippen LogP contribution in [0.5, 0.6) is 11.5 Å². The fraction of sp³-hybridized carbons (Fsp3) is 0.158. The number of aromatic nitrogens is 2. The second-order valence-corrected chi connectivity index (χ2v) is 5.98. The highest BCUT2D eigenvalue weighted by molar-refractivity contribution is 6.14. The van der Waals surface area contributed by atoms with Gasteiger partial charge in [0, 0.05) is 17.5 Å². The molecule has 24 heavy (non-hydrogen) atoms. The van der Waals surface area contributed by atoms with Crippen LogP contribution in [-0.4, -0.2) is 22.2 Å². The summed E-state index contributed by atoms with van der Waals surface area (Å²) in [5, 5.41) is 4.91. The molecule has 118 valence electrons. The van der Waals surface area contributed by atoms with E-state index in [1.54, 1.807) is 0 Å². The molecule has 0 bridgehead atoms. The zero-order valence-corrected chi connectivity index (χ0v) is 13.2. The number of benzene rings is 2. The van der Waals surface area contributed by atoms with Crippen LogP contribution in [0.25, 0.3) is 0 Å². The van der Waals surface area contributed by atoms with Crippen molar-refractivity contribution in [2.24, 2.45) is 5.10 Å². The monoisotopic (exact) mass is 317 g/mol. The van der Waals surface area contributed by atoms with Crippen LogP contribution in [0.15, 0.2) is 53.8 Å². The van der Waals surface area contributed by atoms with Crippen LogP contribution in [0.2, 0.25) is 0 Å². The molecule has 0 amide bonds. The van der Waals surface area contributed by atoms with Crippen molar-refractivity contribution in [2.75, 3.05) is 6.79 Å². The van der Waals surface area contributed by atoms with Crippen LogP contribution >= 0.6 is 0 Å². The van der Waals surface area contributed by atoms with Gasteiger partial charge in [-0.15, -0.1) is 0 Å². The summed E-state index contributed by atoms with van der Waals surface area (Å²) in [6.45, 7) is 2.29. The molecule has 0 saturated heterocycles. The van der Waals surface area contributed by atoms with Crippen LogP contribution in [0.4, 0.5) is 0 Å². The van der Waals surface area contributed by atoms with E-state index in [0.717, 1.165) is 45.4 Å². The zero-order chi connectivity index (χ0) is 16.1. The van der Waals surface area contributed by atoms with Crippen molar-refractivity contribution in [1.29, 1.82) is 0 Å².